The Morgan fingerprint density at radius 1 is 1.40 bits per heavy atom. The molecular weight excluding hydrogens is 211 g/mol. The average Bonchev–Trinajstić information content (AvgIpc) is 2.59. The molecular formula is C7H6F3N5. The van der Waals surface area contributed by atoms with E-state index in [0.29, 0.717) is 5.56 Å². The third-order valence-corrected chi connectivity index (χ3v) is 1.74. The van der Waals surface area contributed by atoms with Gasteiger partial charge >= 0.3 is 6.18 Å². The number of fused-ring (bicyclic) bond motifs is 1. The highest BCUT2D eigenvalue weighted by Crippen LogP contribution is 2.25. The van der Waals surface area contributed by atoms with E-state index >= 15 is 0 Å². The van der Waals surface area contributed by atoms with Gasteiger partial charge in [-0.25, -0.2) is 9.50 Å². The fraction of sp³-hybridized carbons (Fsp3) is 0.286. The molecule has 80 valence electrons. The van der Waals surface area contributed by atoms with Gasteiger partial charge < -0.3 is 5.73 Å². The average molecular weight is 217 g/mol. The lowest BCUT2D eigenvalue weighted by molar-refractivity contribution is -0.144. The van der Waals surface area contributed by atoms with Crippen molar-refractivity contribution in [2.45, 2.75) is 12.7 Å². The Balaban J connectivity index is 2.56. The van der Waals surface area contributed by atoms with Crippen LogP contribution in [-0.2, 0) is 12.7 Å². The van der Waals surface area contributed by atoms with Crippen LogP contribution >= 0.6 is 0 Å². The van der Waals surface area contributed by atoms with Gasteiger partial charge in [-0.2, -0.15) is 18.2 Å². The molecule has 0 unspecified atom stereocenters. The SMILES string of the molecule is NCc1cnc2nc(C(F)(F)F)nn2c1. The summed E-state index contributed by atoms with van der Waals surface area (Å²) in [6.45, 7) is 0.185. The third kappa shape index (κ3) is 1.75. The number of nitrogens with zero attached hydrogens (tertiary/aromatic N) is 4. The Hall–Kier alpha value is -1.70. The Morgan fingerprint density at radius 3 is 2.73 bits per heavy atom. The van der Waals surface area contributed by atoms with Crippen molar-refractivity contribution in [1.82, 2.24) is 19.6 Å². The van der Waals surface area contributed by atoms with E-state index in [9.17, 15) is 13.2 Å². The molecule has 0 radical (unpaired) electrons. The molecule has 0 fully saturated rings. The van der Waals surface area contributed by atoms with Crippen LogP contribution in [0.15, 0.2) is 12.4 Å². The largest absolute Gasteiger partial charge is 0.453 e. The highest BCUT2D eigenvalue weighted by molar-refractivity contribution is 5.28. The van der Waals surface area contributed by atoms with Gasteiger partial charge in [0.25, 0.3) is 11.6 Å². The van der Waals surface area contributed by atoms with Gasteiger partial charge in [0.15, 0.2) is 0 Å². The first-order valence-corrected chi connectivity index (χ1v) is 3.99. The van der Waals surface area contributed by atoms with E-state index in [1.165, 1.54) is 12.4 Å². The van der Waals surface area contributed by atoms with E-state index in [1.807, 2.05) is 0 Å². The number of alkyl halides is 3. The smallest absolute Gasteiger partial charge is 0.326 e. The number of nitrogens with two attached hydrogens (primary N) is 1. The summed E-state index contributed by atoms with van der Waals surface area (Å²) in [5.74, 6) is -1.30. The maximum Gasteiger partial charge on any atom is 0.453 e. The molecule has 2 N–H and O–H groups in total. The van der Waals surface area contributed by atoms with E-state index in [1.54, 1.807) is 0 Å². The van der Waals surface area contributed by atoms with Crippen molar-refractivity contribution in [3.63, 3.8) is 0 Å². The van der Waals surface area contributed by atoms with Crippen molar-refractivity contribution in [2.75, 3.05) is 0 Å². The lowest BCUT2D eigenvalue weighted by Crippen LogP contribution is -2.07. The summed E-state index contributed by atoms with van der Waals surface area (Å²) in [5, 5.41) is 3.26. The van der Waals surface area contributed by atoms with E-state index in [-0.39, 0.29) is 12.3 Å². The number of hydrogen-bond acceptors (Lipinski definition) is 4. The zero-order valence-electron chi connectivity index (χ0n) is 7.36. The summed E-state index contributed by atoms with van der Waals surface area (Å²) >= 11 is 0. The van der Waals surface area contributed by atoms with Crippen LogP contribution in [0.1, 0.15) is 11.4 Å². The van der Waals surface area contributed by atoms with E-state index in [4.69, 9.17) is 5.73 Å². The summed E-state index contributed by atoms with van der Waals surface area (Å²) in [6.07, 6.45) is -1.83. The van der Waals surface area contributed by atoms with Crippen LogP contribution in [0.25, 0.3) is 5.78 Å². The maximum atomic E-state index is 12.2. The van der Waals surface area contributed by atoms with Crippen LogP contribution in [-0.4, -0.2) is 19.6 Å². The molecule has 0 aliphatic rings. The van der Waals surface area contributed by atoms with Gasteiger partial charge in [-0.05, 0) is 0 Å². The van der Waals surface area contributed by atoms with Crippen LogP contribution in [0.3, 0.4) is 0 Å². The first-order valence-electron chi connectivity index (χ1n) is 3.99. The van der Waals surface area contributed by atoms with Crippen LogP contribution in [0.2, 0.25) is 0 Å². The van der Waals surface area contributed by atoms with Gasteiger partial charge in [-0.15, -0.1) is 5.10 Å². The van der Waals surface area contributed by atoms with Gasteiger partial charge in [-0.1, -0.05) is 0 Å². The van der Waals surface area contributed by atoms with E-state index < -0.39 is 12.0 Å². The van der Waals surface area contributed by atoms with Gasteiger partial charge in [0.2, 0.25) is 0 Å². The summed E-state index contributed by atoms with van der Waals surface area (Å²) in [4.78, 5) is 6.93. The van der Waals surface area contributed by atoms with E-state index in [2.05, 4.69) is 15.1 Å². The Kier molecular flexibility index (Phi) is 2.07. The Bertz CT molecular complexity index is 489. The lowest BCUT2D eigenvalue weighted by Gasteiger charge is -1.97. The van der Waals surface area contributed by atoms with Crippen molar-refractivity contribution in [3.8, 4) is 0 Å². The van der Waals surface area contributed by atoms with Gasteiger partial charge in [-0.3, -0.25) is 0 Å². The first kappa shape index (κ1) is 9.84. The van der Waals surface area contributed by atoms with Crippen molar-refractivity contribution in [3.05, 3.63) is 23.8 Å². The maximum absolute atomic E-state index is 12.2. The molecule has 2 rings (SSSR count). The number of hydrogen-bond donors (Lipinski definition) is 1. The predicted octanol–water partition coefficient (Wildman–Crippen LogP) is 0.602. The molecule has 0 spiro atoms. The van der Waals surface area contributed by atoms with Crippen molar-refractivity contribution in [2.24, 2.45) is 5.73 Å². The standard InChI is InChI=1S/C7H6F3N5/c8-7(9,10)5-13-6-12-2-4(1-11)3-15(6)14-5/h2-3H,1,11H2. The van der Waals surface area contributed by atoms with Crippen molar-refractivity contribution in [1.29, 1.82) is 0 Å². The molecule has 0 aromatic carbocycles. The first-order chi connectivity index (χ1) is 7.00. The third-order valence-electron chi connectivity index (χ3n) is 1.74. The minimum atomic E-state index is -4.56. The van der Waals surface area contributed by atoms with Crippen LogP contribution in [0.4, 0.5) is 13.2 Å². The fourth-order valence-electron chi connectivity index (χ4n) is 1.05. The number of aromatic nitrogens is 4. The van der Waals surface area contributed by atoms with Gasteiger partial charge in [0.1, 0.15) is 0 Å². The monoisotopic (exact) mass is 217 g/mol. The normalized spacial score (nSPS) is 12.3. The lowest BCUT2D eigenvalue weighted by atomic mass is 10.3. The van der Waals surface area contributed by atoms with Crippen LogP contribution in [0.5, 0.6) is 0 Å². The molecule has 0 bridgehead atoms. The molecule has 0 aliphatic carbocycles. The van der Waals surface area contributed by atoms with Crippen molar-refractivity contribution >= 4 is 5.78 Å². The van der Waals surface area contributed by atoms with Gasteiger partial charge in [0.05, 0.1) is 0 Å². The predicted molar refractivity (Wildman–Crippen MR) is 43.7 cm³/mol. The highest BCUT2D eigenvalue weighted by Gasteiger charge is 2.36. The summed E-state index contributed by atoms with van der Waals surface area (Å²) in [5.41, 5.74) is 5.89. The Labute approximate surface area is 81.7 Å². The quantitative estimate of drug-likeness (QED) is 0.759. The van der Waals surface area contributed by atoms with Crippen molar-refractivity contribution < 1.29 is 13.2 Å². The number of halogens is 3. The minimum absolute atomic E-state index is 0.0977. The fourth-order valence-corrected chi connectivity index (χ4v) is 1.05. The molecule has 0 amide bonds. The molecule has 0 aliphatic heterocycles. The molecule has 0 saturated carbocycles. The molecule has 2 aromatic rings. The molecule has 0 atom stereocenters. The Morgan fingerprint density at radius 2 is 2.13 bits per heavy atom. The van der Waals surface area contributed by atoms with E-state index in [0.717, 1.165) is 4.52 Å². The second kappa shape index (κ2) is 3.16. The molecule has 2 heterocycles. The van der Waals surface area contributed by atoms with Crippen LogP contribution < -0.4 is 5.73 Å². The molecule has 2 aromatic heterocycles. The zero-order chi connectivity index (χ0) is 11.1. The molecule has 8 heteroatoms. The second-order valence-electron chi connectivity index (χ2n) is 2.84. The van der Waals surface area contributed by atoms with Gasteiger partial charge in [0, 0.05) is 24.5 Å². The summed E-state index contributed by atoms with van der Waals surface area (Å²) < 4.78 is 37.6. The minimum Gasteiger partial charge on any atom is -0.326 e. The zero-order valence-corrected chi connectivity index (χ0v) is 7.36. The topological polar surface area (TPSA) is 69.1 Å². The van der Waals surface area contributed by atoms with Crippen LogP contribution in [0, 0.1) is 0 Å². The second-order valence-corrected chi connectivity index (χ2v) is 2.84. The summed E-state index contributed by atoms with van der Waals surface area (Å²) in [7, 11) is 0. The molecule has 0 saturated heterocycles. The molecule has 5 nitrogen and oxygen atoms in total. The number of rotatable bonds is 1. The molecule has 15 heavy (non-hydrogen) atoms. The highest BCUT2D eigenvalue weighted by atomic mass is 19.4. The summed E-state index contributed by atoms with van der Waals surface area (Å²) in [6, 6.07) is 0.